The van der Waals surface area contributed by atoms with Gasteiger partial charge in [-0.3, -0.25) is 0 Å². The van der Waals surface area contributed by atoms with E-state index in [2.05, 4.69) is 79.7 Å². The smallest absolute Gasteiger partial charge is 0.108 e. The van der Waals surface area contributed by atoms with Crippen molar-refractivity contribution in [1.82, 2.24) is 4.90 Å². The lowest BCUT2D eigenvalue weighted by Crippen LogP contribution is -2.12. The Morgan fingerprint density at radius 2 is 1.26 bits per heavy atom. The van der Waals surface area contributed by atoms with E-state index in [-0.39, 0.29) is 6.10 Å². The molecule has 2 heteroatoms. The van der Waals surface area contributed by atoms with Crippen LogP contribution in [-0.2, 0) is 4.74 Å². The van der Waals surface area contributed by atoms with Crippen LogP contribution >= 0.6 is 0 Å². The lowest BCUT2D eigenvalue weighted by atomic mass is 10.0. The van der Waals surface area contributed by atoms with Gasteiger partial charge in [0, 0.05) is 6.61 Å². The molecular formula is C21H29NO. The Bertz CT molecular complexity index is 485. The highest BCUT2D eigenvalue weighted by Crippen LogP contribution is 2.26. The highest BCUT2D eigenvalue weighted by molar-refractivity contribution is 5.29. The van der Waals surface area contributed by atoms with Crippen LogP contribution in [0.5, 0.6) is 0 Å². The van der Waals surface area contributed by atoms with Crippen LogP contribution < -0.4 is 0 Å². The monoisotopic (exact) mass is 311 g/mol. The van der Waals surface area contributed by atoms with Crippen LogP contribution in [0.4, 0.5) is 0 Å². The molecular weight excluding hydrogens is 282 g/mol. The van der Waals surface area contributed by atoms with E-state index in [1.807, 2.05) is 0 Å². The summed E-state index contributed by atoms with van der Waals surface area (Å²) in [6.07, 6.45) is 4.96. The topological polar surface area (TPSA) is 12.5 Å². The van der Waals surface area contributed by atoms with Crippen molar-refractivity contribution in [3.8, 4) is 0 Å². The Kier molecular flexibility index (Phi) is 7.85. The minimum atomic E-state index is 0.0409. The first-order valence-corrected chi connectivity index (χ1v) is 8.63. The molecule has 0 aliphatic rings. The molecule has 0 heterocycles. The van der Waals surface area contributed by atoms with E-state index in [0.29, 0.717) is 0 Å². The van der Waals surface area contributed by atoms with Crippen LogP contribution in [0.1, 0.15) is 42.9 Å². The van der Waals surface area contributed by atoms with Gasteiger partial charge >= 0.3 is 0 Å². The van der Waals surface area contributed by atoms with Gasteiger partial charge in [-0.1, -0.05) is 73.5 Å². The zero-order valence-corrected chi connectivity index (χ0v) is 14.4. The Labute approximate surface area is 141 Å². The molecule has 0 saturated heterocycles. The molecule has 0 fully saturated rings. The maximum absolute atomic E-state index is 6.23. The van der Waals surface area contributed by atoms with Gasteiger partial charge in [-0.05, 0) is 44.6 Å². The van der Waals surface area contributed by atoms with Crippen molar-refractivity contribution in [2.45, 2.75) is 31.8 Å². The molecule has 0 bridgehead atoms. The van der Waals surface area contributed by atoms with Gasteiger partial charge < -0.3 is 9.64 Å². The average molecular weight is 311 g/mol. The molecule has 0 aliphatic carbocycles. The second-order valence-electron chi connectivity index (χ2n) is 6.29. The van der Waals surface area contributed by atoms with Crippen molar-refractivity contribution in [3.63, 3.8) is 0 Å². The van der Waals surface area contributed by atoms with Crippen LogP contribution in [-0.4, -0.2) is 32.1 Å². The molecule has 0 spiro atoms. The van der Waals surface area contributed by atoms with Crippen LogP contribution in [0.25, 0.3) is 0 Å². The maximum atomic E-state index is 6.23. The van der Waals surface area contributed by atoms with E-state index < -0.39 is 0 Å². The quantitative estimate of drug-likeness (QED) is 0.578. The van der Waals surface area contributed by atoms with Crippen molar-refractivity contribution in [3.05, 3.63) is 71.8 Å². The number of benzene rings is 2. The van der Waals surface area contributed by atoms with Gasteiger partial charge in [0.2, 0.25) is 0 Å². The zero-order chi connectivity index (χ0) is 16.3. The molecule has 0 saturated carbocycles. The van der Waals surface area contributed by atoms with Gasteiger partial charge in [0.15, 0.2) is 0 Å². The van der Waals surface area contributed by atoms with Gasteiger partial charge in [0.1, 0.15) is 6.10 Å². The molecule has 0 aliphatic heterocycles. The first kappa shape index (κ1) is 17.7. The lowest BCUT2D eigenvalue weighted by Gasteiger charge is -2.19. The third kappa shape index (κ3) is 6.55. The maximum Gasteiger partial charge on any atom is 0.108 e. The van der Waals surface area contributed by atoms with Gasteiger partial charge in [0.05, 0.1) is 0 Å². The number of hydrogen-bond acceptors (Lipinski definition) is 2. The van der Waals surface area contributed by atoms with E-state index in [1.54, 1.807) is 0 Å². The minimum Gasteiger partial charge on any atom is -0.369 e. The second kappa shape index (κ2) is 10.2. The summed E-state index contributed by atoms with van der Waals surface area (Å²) < 4.78 is 6.23. The Morgan fingerprint density at radius 3 is 1.78 bits per heavy atom. The Hall–Kier alpha value is -1.64. The summed E-state index contributed by atoms with van der Waals surface area (Å²) in [5.41, 5.74) is 2.46. The van der Waals surface area contributed by atoms with Gasteiger partial charge in [-0.15, -0.1) is 0 Å². The number of unbranched alkanes of at least 4 members (excludes halogenated alkanes) is 3. The molecule has 0 radical (unpaired) electrons. The Morgan fingerprint density at radius 1 is 0.739 bits per heavy atom. The van der Waals surface area contributed by atoms with Crippen molar-refractivity contribution >= 4 is 0 Å². The second-order valence-corrected chi connectivity index (χ2v) is 6.29. The molecule has 0 amide bonds. The molecule has 2 aromatic rings. The number of ether oxygens (including phenoxy) is 1. The van der Waals surface area contributed by atoms with Crippen LogP contribution in [0.3, 0.4) is 0 Å². The van der Waals surface area contributed by atoms with E-state index >= 15 is 0 Å². The van der Waals surface area contributed by atoms with Crippen LogP contribution in [0, 0.1) is 0 Å². The van der Waals surface area contributed by atoms with E-state index in [0.717, 1.165) is 13.0 Å². The third-order valence-corrected chi connectivity index (χ3v) is 3.99. The van der Waals surface area contributed by atoms with E-state index in [1.165, 1.54) is 36.9 Å². The highest BCUT2D eigenvalue weighted by atomic mass is 16.5. The highest BCUT2D eigenvalue weighted by Gasteiger charge is 2.13. The van der Waals surface area contributed by atoms with Gasteiger partial charge in [-0.25, -0.2) is 0 Å². The Balaban J connectivity index is 1.82. The molecule has 124 valence electrons. The van der Waals surface area contributed by atoms with Crippen molar-refractivity contribution in [2.75, 3.05) is 27.2 Å². The lowest BCUT2D eigenvalue weighted by molar-refractivity contribution is 0.0767. The predicted octanol–water partition coefficient (Wildman–Crippen LogP) is 4.91. The summed E-state index contributed by atoms with van der Waals surface area (Å²) in [6, 6.07) is 21.0. The number of nitrogens with zero attached hydrogens (tertiary/aromatic N) is 1. The molecule has 0 N–H and O–H groups in total. The SMILES string of the molecule is CN(C)CCCCCCOC(c1ccccc1)c1ccccc1. The molecule has 0 unspecified atom stereocenters. The summed E-state index contributed by atoms with van der Waals surface area (Å²) >= 11 is 0. The fourth-order valence-electron chi connectivity index (χ4n) is 2.73. The number of rotatable bonds is 10. The molecule has 0 aromatic heterocycles. The number of hydrogen-bond donors (Lipinski definition) is 0. The van der Waals surface area contributed by atoms with E-state index in [9.17, 15) is 0 Å². The zero-order valence-electron chi connectivity index (χ0n) is 14.4. The van der Waals surface area contributed by atoms with Gasteiger partial charge in [0.25, 0.3) is 0 Å². The third-order valence-electron chi connectivity index (χ3n) is 3.99. The van der Waals surface area contributed by atoms with Gasteiger partial charge in [-0.2, -0.15) is 0 Å². The van der Waals surface area contributed by atoms with Crippen molar-refractivity contribution < 1.29 is 4.74 Å². The normalized spacial score (nSPS) is 11.3. The largest absolute Gasteiger partial charge is 0.369 e. The van der Waals surface area contributed by atoms with Crippen LogP contribution in [0.15, 0.2) is 60.7 Å². The van der Waals surface area contributed by atoms with Crippen LogP contribution in [0.2, 0.25) is 0 Å². The average Bonchev–Trinajstić information content (AvgIpc) is 2.59. The summed E-state index contributed by atoms with van der Waals surface area (Å²) in [7, 11) is 4.26. The molecule has 23 heavy (non-hydrogen) atoms. The molecule has 0 atom stereocenters. The van der Waals surface area contributed by atoms with E-state index in [4.69, 9.17) is 4.74 Å². The summed E-state index contributed by atoms with van der Waals surface area (Å²) in [4.78, 5) is 2.25. The van der Waals surface area contributed by atoms with Crippen molar-refractivity contribution in [1.29, 1.82) is 0 Å². The first-order valence-electron chi connectivity index (χ1n) is 8.63. The molecule has 2 aromatic carbocycles. The standard InChI is InChI=1S/C21H29NO/c1-22(2)17-11-3-4-12-18-23-21(19-13-7-5-8-14-19)20-15-9-6-10-16-20/h5-10,13-16,21H,3-4,11-12,17-18H2,1-2H3. The van der Waals surface area contributed by atoms with Crippen molar-refractivity contribution in [2.24, 2.45) is 0 Å². The first-order chi connectivity index (χ1) is 11.3. The summed E-state index contributed by atoms with van der Waals surface area (Å²) in [5.74, 6) is 0. The summed E-state index contributed by atoms with van der Waals surface area (Å²) in [6.45, 7) is 1.99. The summed E-state index contributed by atoms with van der Waals surface area (Å²) in [5, 5.41) is 0. The minimum absolute atomic E-state index is 0.0409. The molecule has 2 nitrogen and oxygen atoms in total. The predicted molar refractivity (Wildman–Crippen MR) is 97.7 cm³/mol. The molecule has 2 rings (SSSR count). The fraction of sp³-hybridized carbons (Fsp3) is 0.429. The fourth-order valence-corrected chi connectivity index (χ4v) is 2.73.